The average molecular weight is 817 g/mol. The number of hydrogen-bond donors (Lipinski definition) is 3. The molecule has 21 heteroatoms. The number of nitro benzene ring substituents is 1. The molecular formula is C32H19ClCrN5O12S2. The Morgan fingerprint density at radius 2 is 1.32 bits per heavy atom. The number of phenols is 2. The van der Waals surface area contributed by atoms with Crippen LogP contribution in [-0.2, 0) is 37.6 Å². The zero-order valence-electron chi connectivity index (χ0n) is 26.1. The van der Waals surface area contributed by atoms with Gasteiger partial charge in [0.15, 0.2) is 0 Å². The van der Waals surface area contributed by atoms with Gasteiger partial charge in [-0.2, -0.15) is 18.6 Å². The Balaban J connectivity index is 0.000000238. The third kappa shape index (κ3) is 9.21. The summed E-state index contributed by atoms with van der Waals surface area (Å²) in [5, 5.41) is 70.6. The van der Waals surface area contributed by atoms with Crippen molar-refractivity contribution in [1.29, 1.82) is 0 Å². The van der Waals surface area contributed by atoms with E-state index in [0.717, 1.165) is 41.8 Å². The number of nitro groups is 1. The maximum absolute atomic E-state index is 12.3. The van der Waals surface area contributed by atoms with Gasteiger partial charge in [0.05, 0.1) is 27.3 Å². The third-order valence-electron chi connectivity index (χ3n) is 7.04. The normalized spacial score (nSPS) is 11.8. The summed E-state index contributed by atoms with van der Waals surface area (Å²) in [6.45, 7) is 0. The number of benzene rings is 6. The van der Waals surface area contributed by atoms with Crippen molar-refractivity contribution in [2.45, 2.75) is 9.79 Å². The van der Waals surface area contributed by atoms with Gasteiger partial charge in [-0.25, -0.2) is 8.42 Å². The molecule has 0 heterocycles. The van der Waals surface area contributed by atoms with Crippen LogP contribution in [0.15, 0.2) is 127 Å². The molecule has 53 heavy (non-hydrogen) atoms. The summed E-state index contributed by atoms with van der Waals surface area (Å²) in [5.41, 5.74) is -0.747. The van der Waals surface area contributed by atoms with Crippen LogP contribution in [0.5, 0.6) is 23.0 Å². The van der Waals surface area contributed by atoms with Gasteiger partial charge in [0.25, 0.3) is 15.8 Å². The molecule has 6 aromatic carbocycles. The number of halogens is 1. The topological polar surface area (TPSA) is 291 Å². The van der Waals surface area contributed by atoms with E-state index in [9.17, 15) is 56.5 Å². The van der Waals surface area contributed by atoms with Gasteiger partial charge in [-0.05, 0) is 47.2 Å². The van der Waals surface area contributed by atoms with Crippen LogP contribution in [-0.4, -0.2) is 41.1 Å². The van der Waals surface area contributed by atoms with Crippen LogP contribution in [0.2, 0.25) is 5.02 Å². The number of fused-ring (bicyclic) bond motifs is 2. The molecular weight excluding hydrogens is 798 g/mol. The van der Waals surface area contributed by atoms with Crippen molar-refractivity contribution < 1.29 is 68.7 Å². The minimum Gasteiger partial charge on any atom is -0.871 e. The van der Waals surface area contributed by atoms with Gasteiger partial charge >= 0.3 is 17.4 Å². The second-order valence-electron chi connectivity index (χ2n) is 10.5. The number of phenolic OH excluding ortho intramolecular Hbond substituents is 2. The first-order valence-corrected chi connectivity index (χ1v) is 17.4. The second-order valence-corrected chi connectivity index (χ2v) is 13.7. The summed E-state index contributed by atoms with van der Waals surface area (Å²) in [4.78, 5) is 8.07. The van der Waals surface area contributed by atoms with Crippen LogP contribution in [0.1, 0.15) is 0 Å². The van der Waals surface area contributed by atoms with Crippen molar-refractivity contribution in [2.75, 3.05) is 0 Å². The first kappa shape index (κ1) is 40.1. The quantitative estimate of drug-likeness (QED) is 0.0650. The summed E-state index contributed by atoms with van der Waals surface area (Å²) in [6, 6.07) is 20.9. The molecule has 269 valence electrons. The van der Waals surface area contributed by atoms with Gasteiger partial charge < -0.3 is 25.0 Å². The molecule has 0 aliphatic carbocycles. The third-order valence-corrected chi connectivity index (χ3v) is 8.97. The molecule has 6 rings (SSSR count). The predicted octanol–water partition coefficient (Wildman–Crippen LogP) is 6.78. The Labute approximate surface area is 314 Å². The molecule has 0 aliphatic rings. The molecule has 6 aromatic rings. The van der Waals surface area contributed by atoms with Gasteiger partial charge in [-0.15, -0.1) is 10.2 Å². The summed E-state index contributed by atoms with van der Waals surface area (Å²) >= 11 is 5.77. The first-order chi connectivity index (χ1) is 24.4. The Morgan fingerprint density at radius 1 is 0.679 bits per heavy atom. The van der Waals surface area contributed by atoms with Crippen LogP contribution in [0.4, 0.5) is 28.4 Å². The van der Waals surface area contributed by atoms with Crippen LogP contribution in [0.3, 0.4) is 0 Å². The molecule has 3 N–H and O–H groups in total. The Kier molecular flexibility index (Phi) is 12.0. The summed E-state index contributed by atoms with van der Waals surface area (Å²) in [5.74, 6) is -1.82. The van der Waals surface area contributed by atoms with Crippen molar-refractivity contribution >= 4 is 81.8 Å². The largest absolute Gasteiger partial charge is 3.00 e. The smallest absolute Gasteiger partial charge is 0.871 e. The van der Waals surface area contributed by atoms with E-state index in [0.29, 0.717) is 11.5 Å². The molecule has 0 saturated heterocycles. The molecule has 0 fully saturated rings. The van der Waals surface area contributed by atoms with Crippen molar-refractivity contribution in [2.24, 2.45) is 20.5 Å². The molecule has 17 nitrogen and oxygen atoms in total. The monoisotopic (exact) mass is 816 g/mol. The summed E-state index contributed by atoms with van der Waals surface area (Å²) < 4.78 is 67.0. The molecule has 0 saturated carbocycles. The van der Waals surface area contributed by atoms with Gasteiger partial charge in [-0.1, -0.05) is 71.6 Å². The number of non-ortho nitro benzene ring substituents is 1. The van der Waals surface area contributed by atoms with E-state index in [1.807, 2.05) is 18.2 Å². The molecule has 0 amide bonds. The summed E-state index contributed by atoms with van der Waals surface area (Å²) in [6.07, 6.45) is 0. The van der Waals surface area contributed by atoms with E-state index in [2.05, 4.69) is 20.5 Å². The van der Waals surface area contributed by atoms with E-state index >= 15 is 0 Å². The fraction of sp³-hybridized carbons (Fsp3) is 0. The van der Waals surface area contributed by atoms with E-state index in [1.54, 1.807) is 12.1 Å². The maximum atomic E-state index is 12.3. The van der Waals surface area contributed by atoms with Crippen molar-refractivity contribution in [3.8, 4) is 23.0 Å². The maximum Gasteiger partial charge on any atom is 3.00 e. The van der Waals surface area contributed by atoms with E-state index < -0.39 is 57.5 Å². The van der Waals surface area contributed by atoms with E-state index in [-0.39, 0.29) is 62.0 Å². The SMILES string of the molecule is O=S(=O)([O-])c1cc(S(=O)(=O)O)c2c(N=Nc3cc(Cl)ccc3[O-])c([O-])ccc2c1.O=[N+]([O-])c1ccc(N=Nc2c(O)ccc3ccccc23)c(O)c1.[Cr+3]. The second kappa shape index (κ2) is 15.9. The Hall–Kier alpha value is -5.72. The molecule has 0 aromatic heterocycles. The Morgan fingerprint density at radius 3 is 1.98 bits per heavy atom. The Bertz CT molecular complexity index is 2700. The molecule has 0 bridgehead atoms. The van der Waals surface area contributed by atoms with E-state index in [1.165, 1.54) is 24.3 Å². The zero-order chi connectivity index (χ0) is 38.0. The number of hydrogen-bond acceptors (Lipinski definition) is 15. The number of rotatable bonds is 7. The number of aromatic hydroxyl groups is 2. The van der Waals surface area contributed by atoms with Gasteiger partial charge in [-0.3, -0.25) is 14.7 Å². The number of azo groups is 2. The molecule has 0 aliphatic heterocycles. The standard InChI is InChI=1S/C16H11ClN2O8S2.C16H11N3O4.Cr/c17-9-2-4-12(20)11(6-9)18-19-16-13(21)3-1-8-5-10(28(22,23)24)7-14(15(8)16)29(25,26)27;20-14-8-5-10-3-1-2-4-12(10)16(14)18-17-13-7-6-11(19(22)23)9-15(13)21;/h1-7,20-21H,(H,22,23,24)(H,25,26,27);1-9,20-21H;/q;;+3/p-3. The predicted molar refractivity (Wildman–Crippen MR) is 181 cm³/mol. The van der Waals surface area contributed by atoms with Gasteiger partial charge in [0.1, 0.15) is 37.9 Å². The van der Waals surface area contributed by atoms with E-state index in [4.69, 9.17) is 11.6 Å². The van der Waals surface area contributed by atoms with Crippen LogP contribution >= 0.6 is 11.6 Å². The first-order valence-electron chi connectivity index (χ1n) is 14.1. The number of nitrogens with zero attached hydrogens (tertiary/aromatic N) is 5. The molecule has 0 unspecified atom stereocenters. The van der Waals surface area contributed by atoms with Crippen molar-refractivity contribution in [3.63, 3.8) is 0 Å². The van der Waals surface area contributed by atoms with Crippen LogP contribution < -0.4 is 10.2 Å². The van der Waals surface area contributed by atoms with Crippen molar-refractivity contribution in [3.05, 3.63) is 112 Å². The average Bonchev–Trinajstić information content (AvgIpc) is 3.08. The van der Waals surface area contributed by atoms with Crippen LogP contribution in [0, 0.1) is 10.1 Å². The minimum atomic E-state index is -5.08. The van der Waals surface area contributed by atoms with Gasteiger partial charge in [0, 0.05) is 21.9 Å². The summed E-state index contributed by atoms with van der Waals surface area (Å²) in [7, 11) is -10.2. The van der Waals surface area contributed by atoms with Crippen LogP contribution in [0.25, 0.3) is 21.5 Å². The van der Waals surface area contributed by atoms with Gasteiger partial charge in [0.2, 0.25) is 0 Å². The molecule has 1 radical (unpaired) electrons. The fourth-order valence-corrected chi connectivity index (χ4v) is 6.17. The molecule has 0 spiro atoms. The fourth-order valence-electron chi connectivity index (χ4n) is 4.65. The zero-order valence-corrected chi connectivity index (χ0v) is 29.8. The molecule has 0 atom stereocenters. The minimum absolute atomic E-state index is 0. The van der Waals surface area contributed by atoms with Crippen molar-refractivity contribution in [1.82, 2.24) is 0 Å².